The molecule has 0 spiro atoms. The Balaban J connectivity index is 2.11. The van der Waals surface area contributed by atoms with Crippen molar-refractivity contribution in [3.63, 3.8) is 0 Å². The van der Waals surface area contributed by atoms with E-state index in [-0.39, 0.29) is 5.91 Å². The van der Waals surface area contributed by atoms with Gasteiger partial charge in [-0.3, -0.25) is 9.89 Å². The van der Waals surface area contributed by atoms with Crippen molar-refractivity contribution >= 4 is 18.0 Å². The van der Waals surface area contributed by atoms with Crippen LogP contribution in [0.4, 0.5) is 0 Å². The van der Waals surface area contributed by atoms with Crippen molar-refractivity contribution in [1.82, 2.24) is 15.5 Å². The highest BCUT2D eigenvalue weighted by Gasteiger charge is 2.07. The van der Waals surface area contributed by atoms with Crippen LogP contribution in [0, 0.1) is 6.92 Å². The smallest absolute Gasteiger partial charge is 0.328 e. The van der Waals surface area contributed by atoms with E-state index in [2.05, 4.69) is 15.5 Å². The number of carboxylic acids is 1. The second-order valence-electron chi connectivity index (χ2n) is 4.59. The molecule has 0 aliphatic heterocycles. The first-order chi connectivity index (χ1) is 10.0. The number of amides is 1. The molecule has 0 unspecified atom stereocenters. The summed E-state index contributed by atoms with van der Waals surface area (Å²) >= 11 is 0. The van der Waals surface area contributed by atoms with Crippen LogP contribution in [0.25, 0.3) is 6.08 Å². The molecule has 6 nitrogen and oxygen atoms in total. The van der Waals surface area contributed by atoms with Gasteiger partial charge in [-0.2, -0.15) is 5.10 Å². The van der Waals surface area contributed by atoms with E-state index in [1.165, 1.54) is 6.08 Å². The summed E-state index contributed by atoms with van der Waals surface area (Å²) in [6.45, 7) is 2.23. The van der Waals surface area contributed by atoms with Crippen molar-refractivity contribution in [2.24, 2.45) is 0 Å². The molecule has 0 aliphatic rings. The van der Waals surface area contributed by atoms with Gasteiger partial charge in [-0.05, 0) is 36.3 Å². The maximum atomic E-state index is 12.1. The van der Waals surface area contributed by atoms with Gasteiger partial charge in [0.05, 0.1) is 6.20 Å². The number of nitrogens with zero attached hydrogens (tertiary/aromatic N) is 1. The van der Waals surface area contributed by atoms with Crippen LogP contribution in [0.15, 0.2) is 36.7 Å². The van der Waals surface area contributed by atoms with Crippen LogP contribution in [0.1, 0.15) is 27.0 Å². The molecule has 0 saturated heterocycles. The lowest BCUT2D eigenvalue weighted by Gasteiger charge is -2.06. The molecule has 1 heterocycles. The normalized spacial score (nSPS) is 10.7. The Morgan fingerprint density at radius 1 is 1.38 bits per heavy atom. The highest BCUT2D eigenvalue weighted by molar-refractivity contribution is 5.95. The molecule has 0 aliphatic carbocycles. The number of rotatable bonds is 5. The van der Waals surface area contributed by atoms with Gasteiger partial charge in [0.1, 0.15) is 0 Å². The van der Waals surface area contributed by atoms with Crippen LogP contribution >= 0.6 is 0 Å². The summed E-state index contributed by atoms with van der Waals surface area (Å²) < 4.78 is 0. The van der Waals surface area contributed by atoms with Gasteiger partial charge in [0.2, 0.25) is 0 Å². The number of hydrogen-bond donors (Lipinski definition) is 3. The van der Waals surface area contributed by atoms with E-state index in [1.807, 2.05) is 13.0 Å². The van der Waals surface area contributed by atoms with Gasteiger partial charge < -0.3 is 10.4 Å². The Kier molecular flexibility index (Phi) is 4.50. The molecule has 21 heavy (non-hydrogen) atoms. The van der Waals surface area contributed by atoms with Crippen LogP contribution in [0.5, 0.6) is 0 Å². The van der Waals surface area contributed by atoms with Crippen LogP contribution in [0.3, 0.4) is 0 Å². The third-order valence-electron chi connectivity index (χ3n) is 2.79. The number of aromatic amines is 1. The number of H-pyrrole nitrogens is 1. The molecule has 1 aromatic carbocycles. The molecular weight excluding hydrogens is 270 g/mol. The zero-order valence-electron chi connectivity index (χ0n) is 11.5. The lowest BCUT2D eigenvalue weighted by atomic mass is 10.1. The van der Waals surface area contributed by atoms with Crippen molar-refractivity contribution in [2.45, 2.75) is 13.5 Å². The lowest BCUT2D eigenvalue weighted by Crippen LogP contribution is -2.22. The largest absolute Gasteiger partial charge is 0.478 e. The van der Waals surface area contributed by atoms with Gasteiger partial charge in [-0.25, -0.2) is 4.79 Å². The zero-order chi connectivity index (χ0) is 15.2. The van der Waals surface area contributed by atoms with E-state index in [0.29, 0.717) is 17.7 Å². The van der Waals surface area contributed by atoms with Gasteiger partial charge >= 0.3 is 5.97 Å². The number of hydrogen-bond acceptors (Lipinski definition) is 3. The van der Waals surface area contributed by atoms with Crippen molar-refractivity contribution in [3.8, 4) is 0 Å². The summed E-state index contributed by atoms with van der Waals surface area (Å²) in [5.41, 5.74) is 2.92. The molecule has 2 rings (SSSR count). The van der Waals surface area contributed by atoms with Crippen LogP contribution < -0.4 is 5.32 Å². The first-order valence-corrected chi connectivity index (χ1v) is 6.33. The van der Waals surface area contributed by atoms with E-state index in [4.69, 9.17) is 5.11 Å². The number of aliphatic carboxylic acids is 1. The topological polar surface area (TPSA) is 95.1 Å². The lowest BCUT2D eigenvalue weighted by molar-refractivity contribution is -0.131. The maximum Gasteiger partial charge on any atom is 0.328 e. The van der Waals surface area contributed by atoms with Gasteiger partial charge in [-0.15, -0.1) is 0 Å². The number of nitrogens with one attached hydrogen (secondary N) is 2. The molecule has 0 saturated carbocycles. The molecule has 3 N–H and O–H groups in total. The first kappa shape index (κ1) is 14.5. The van der Waals surface area contributed by atoms with E-state index in [1.54, 1.807) is 24.5 Å². The van der Waals surface area contributed by atoms with Crippen molar-refractivity contribution < 1.29 is 14.7 Å². The van der Waals surface area contributed by atoms with Crippen molar-refractivity contribution in [3.05, 3.63) is 58.9 Å². The highest BCUT2D eigenvalue weighted by atomic mass is 16.4. The van der Waals surface area contributed by atoms with Crippen molar-refractivity contribution in [1.29, 1.82) is 0 Å². The molecule has 0 radical (unpaired) electrons. The molecule has 1 amide bonds. The molecule has 108 valence electrons. The molecule has 1 aromatic heterocycles. The standard InChI is InChI=1S/C15H15N3O3/c1-10-4-11(2-3-14(19)20)6-13(5-10)15(21)16-7-12-8-17-18-9-12/h2-6,8-9H,7H2,1H3,(H,16,21)(H,17,18)(H,19,20)/b3-2+. The Bertz CT molecular complexity index is 675. The molecule has 0 bridgehead atoms. The van der Waals surface area contributed by atoms with Crippen LogP contribution in [0.2, 0.25) is 0 Å². The number of carboxylic acid groups (broad SMARTS) is 1. The van der Waals surface area contributed by atoms with Gasteiger partial charge in [0.25, 0.3) is 5.91 Å². The first-order valence-electron chi connectivity index (χ1n) is 6.33. The molecule has 6 heteroatoms. The van der Waals surface area contributed by atoms with Gasteiger partial charge in [0, 0.05) is 29.9 Å². The average Bonchev–Trinajstić information content (AvgIpc) is 2.95. The van der Waals surface area contributed by atoms with Crippen LogP contribution in [-0.4, -0.2) is 27.2 Å². The Hall–Kier alpha value is -2.89. The summed E-state index contributed by atoms with van der Waals surface area (Å²) in [5, 5.41) is 17.9. The van der Waals surface area contributed by atoms with Crippen molar-refractivity contribution in [2.75, 3.05) is 0 Å². The molecular formula is C15H15N3O3. The summed E-state index contributed by atoms with van der Waals surface area (Å²) in [5.74, 6) is -1.24. The summed E-state index contributed by atoms with van der Waals surface area (Å²) in [6.07, 6.45) is 5.85. The number of aryl methyl sites for hydroxylation is 1. The fourth-order valence-electron chi connectivity index (χ4n) is 1.87. The minimum atomic E-state index is -1.03. The fraction of sp³-hybridized carbons (Fsp3) is 0.133. The second kappa shape index (κ2) is 6.51. The third kappa shape index (κ3) is 4.31. The number of aromatic nitrogens is 2. The SMILES string of the molecule is Cc1cc(/C=C/C(=O)O)cc(C(=O)NCc2cn[nH]c2)c1. The summed E-state index contributed by atoms with van der Waals surface area (Å²) in [4.78, 5) is 22.6. The second-order valence-corrected chi connectivity index (χ2v) is 4.59. The van der Waals surface area contributed by atoms with E-state index < -0.39 is 5.97 Å². The molecule has 0 fully saturated rings. The highest BCUT2D eigenvalue weighted by Crippen LogP contribution is 2.12. The predicted molar refractivity (Wildman–Crippen MR) is 77.6 cm³/mol. The zero-order valence-corrected chi connectivity index (χ0v) is 11.5. The quantitative estimate of drug-likeness (QED) is 0.729. The Labute approximate surface area is 121 Å². The predicted octanol–water partition coefficient (Wildman–Crippen LogP) is 1.75. The number of carbonyl (C=O) groups is 2. The number of benzene rings is 1. The Morgan fingerprint density at radius 3 is 2.86 bits per heavy atom. The van der Waals surface area contributed by atoms with Gasteiger partial charge in [0.15, 0.2) is 0 Å². The van der Waals surface area contributed by atoms with E-state index >= 15 is 0 Å². The Morgan fingerprint density at radius 2 is 2.19 bits per heavy atom. The van der Waals surface area contributed by atoms with Gasteiger partial charge in [-0.1, -0.05) is 6.07 Å². The minimum Gasteiger partial charge on any atom is -0.478 e. The maximum absolute atomic E-state index is 12.1. The fourth-order valence-corrected chi connectivity index (χ4v) is 1.87. The third-order valence-corrected chi connectivity index (χ3v) is 2.79. The minimum absolute atomic E-state index is 0.218. The van der Waals surface area contributed by atoms with E-state index in [0.717, 1.165) is 17.2 Å². The monoisotopic (exact) mass is 285 g/mol. The summed E-state index contributed by atoms with van der Waals surface area (Å²) in [7, 11) is 0. The van der Waals surface area contributed by atoms with E-state index in [9.17, 15) is 9.59 Å². The molecule has 0 atom stereocenters. The number of carbonyl (C=O) groups excluding carboxylic acids is 1. The summed E-state index contributed by atoms with van der Waals surface area (Å²) in [6, 6.07) is 5.21. The van der Waals surface area contributed by atoms with Crippen LogP contribution in [-0.2, 0) is 11.3 Å². The average molecular weight is 285 g/mol. The molecule has 2 aromatic rings.